The largest absolute Gasteiger partial charge is 0.501 e. The number of rotatable bonds is 6. The molecule has 0 aliphatic heterocycles. The van der Waals surface area contributed by atoms with E-state index in [-0.39, 0.29) is 6.42 Å². The summed E-state index contributed by atoms with van der Waals surface area (Å²) in [5.74, 6) is 0.127. The molecule has 0 aliphatic carbocycles. The molecule has 3 heteroatoms. The summed E-state index contributed by atoms with van der Waals surface area (Å²) >= 11 is 0. The smallest absolute Gasteiger partial charge is 0.303 e. The Morgan fingerprint density at radius 3 is 2.69 bits per heavy atom. The molecule has 3 nitrogen and oxygen atoms in total. The van der Waals surface area contributed by atoms with Gasteiger partial charge < -0.3 is 9.84 Å². The minimum Gasteiger partial charge on any atom is -0.501 e. The molecule has 0 amide bonds. The van der Waals surface area contributed by atoms with Crippen LogP contribution in [0.2, 0.25) is 0 Å². The van der Waals surface area contributed by atoms with E-state index in [4.69, 9.17) is 9.84 Å². The molecule has 0 atom stereocenters. The zero-order valence-corrected chi connectivity index (χ0v) is 8.12. The number of ether oxygens (including phenoxy) is 1. The normalized spacial score (nSPS) is 12.0. The monoisotopic (exact) mass is 184 g/mol. The SMILES string of the molecule is CC/C(=C\C=C/CCC(=O)O)OC. The third kappa shape index (κ3) is 7.12. The van der Waals surface area contributed by atoms with Gasteiger partial charge in [0.1, 0.15) is 0 Å². The van der Waals surface area contributed by atoms with Crippen molar-refractivity contribution in [2.75, 3.05) is 7.11 Å². The molecule has 0 aromatic rings. The predicted molar refractivity (Wildman–Crippen MR) is 51.4 cm³/mol. The molecule has 0 spiro atoms. The van der Waals surface area contributed by atoms with E-state index in [9.17, 15) is 4.79 Å². The Labute approximate surface area is 78.7 Å². The van der Waals surface area contributed by atoms with Crippen LogP contribution in [0, 0.1) is 0 Å². The van der Waals surface area contributed by atoms with E-state index in [0.29, 0.717) is 6.42 Å². The summed E-state index contributed by atoms with van der Waals surface area (Å²) in [5, 5.41) is 8.34. The molecule has 0 aliphatic rings. The summed E-state index contributed by atoms with van der Waals surface area (Å²) in [4.78, 5) is 10.1. The van der Waals surface area contributed by atoms with Crippen molar-refractivity contribution in [1.29, 1.82) is 0 Å². The summed E-state index contributed by atoms with van der Waals surface area (Å²) in [6.45, 7) is 2.00. The first kappa shape index (κ1) is 11.8. The van der Waals surface area contributed by atoms with Gasteiger partial charge >= 0.3 is 5.97 Å². The van der Waals surface area contributed by atoms with Crippen molar-refractivity contribution >= 4 is 5.97 Å². The third-order valence-electron chi connectivity index (χ3n) is 1.55. The third-order valence-corrected chi connectivity index (χ3v) is 1.55. The molecule has 1 N–H and O–H groups in total. The van der Waals surface area contributed by atoms with Gasteiger partial charge in [-0.15, -0.1) is 0 Å². The van der Waals surface area contributed by atoms with E-state index >= 15 is 0 Å². The second-order valence-corrected chi connectivity index (χ2v) is 2.55. The Morgan fingerprint density at radius 1 is 1.54 bits per heavy atom. The summed E-state index contributed by atoms with van der Waals surface area (Å²) in [7, 11) is 1.63. The molecule has 0 saturated heterocycles. The zero-order chi connectivity index (χ0) is 10.1. The van der Waals surface area contributed by atoms with Crippen LogP contribution in [0.25, 0.3) is 0 Å². The Morgan fingerprint density at radius 2 is 2.23 bits per heavy atom. The maximum atomic E-state index is 10.1. The number of allylic oxidation sites excluding steroid dienone is 4. The van der Waals surface area contributed by atoms with Crippen LogP contribution in [0.3, 0.4) is 0 Å². The number of methoxy groups -OCH3 is 1. The molecule has 0 radical (unpaired) electrons. The number of carbonyl (C=O) groups is 1. The van der Waals surface area contributed by atoms with E-state index < -0.39 is 5.97 Å². The molecule has 0 aromatic carbocycles. The van der Waals surface area contributed by atoms with E-state index in [0.717, 1.165) is 12.2 Å². The number of hydrogen-bond acceptors (Lipinski definition) is 2. The van der Waals surface area contributed by atoms with Gasteiger partial charge in [0.15, 0.2) is 0 Å². The van der Waals surface area contributed by atoms with E-state index in [1.807, 2.05) is 25.2 Å². The van der Waals surface area contributed by atoms with Crippen LogP contribution < -0.4 is 0 Å². The Kier molecular flexibility index (Phi) is 6.69. The number of hydrogen-bond donors (Lipinski definition) is 1. The van der Waals surface area contributed by atoms with Crippen molar-refractivity contribution in [2.24, 2.45) is 0 Å². The van der Waals surface area contributed by atoms with Gasteiger partial charge in [-0.1, -0.05) is 19.1 Å². The first-order valence-corrected chi connectivity index (χ1v) is 4.32. The van der Waals surface area contributed by atoms with Crippen LogP contribution in [0.5, 0.6) is 0 Å². The molecular weight excluding hydrogens is 168 g/mol. The lowest BCUT2D eigenvalue weighted by molar-refractivity contribution is -0.136. The highest BCUT2D eigenvalue weighted by Crippen LogP contribution is 2.01. The second-order valence-electron chi connectivity index (χ2n) is 2.55. The molecule has 0 heterocycles. The summed E-state index contributed by atoms with van der Waals surface area (Å²) in [5.41, 5.74) is 0. The quantitative estimate of drug-likeness (QED) is 0.509. The Hall–Kier alpha value is -1.25. The van der Waals surface area contributed by atoms with Gasteiger partial charge in [0.2, 0.25) is 0 Å². The predicted octanol–water partition coefficient (Wildman–Crippen LogP) is 2.35. The fourth-order valence-electron chi connectivity index (χ4n) is 0.809. The molecular formula is C10H16O3. The second kappa shape index (κ2) is 7.40. The molecule has 13 heavy (non-hydrogen) atoms. The summed E-state index contributed by atoms with van der Waals surface area (Å²) < 4.78 is 5.02. The highest BCUT2D eigenvalue weighted by atomic mass is 16.5. The van der Waals surface area contributed by atoms with Crippen LogP contribution in [0.4, 0.5) is 0 Å². The highest BCUT2D eigenvalue weighted by Gasteiger charge is 1.91. The molecule has 0 aromatic heterocycles. The number of aliphatic carboxylic acids is 1. The lowest BCUT2D eigenvalue weighted by Crippen LogP contribution is -1.91. The van der Waals surface area contributed by atoms with Gasteiger partial charge in [-0.05, 0) is 12.5 Å². The minimum absolute atomic E-state index is 0.179. The van der Waals surface area contributed by atoms with E-state index in [1.54, 1.807) is 7.11 Å². The molecule has 0 saturated carbocycles. The van der Waals surface area contributed by atoms with Gasteiger partial charge in [0.05, 0.1) is 12.9 Å². The average Bonchev–Trinajstić information content (AvgIpc) is 2.11. The zero-order valence-electron chi connectivity index (χ0n) is 8.12. The maximum absolute atomic E-state index is 10.1. The summed E-state index contributed by atoms with van der Waals surface area (Å²) in [6.07, 6.45) is 7.08. The van der Waals surface area contributed by atoms with Gasteiger partial charge in [-0.2, -0.15) is 0 Å². The van der Waals surface area contributed by atoms with Crippen molar-refractivity contribution < 1.29 is 14.6 Å². The van der Waals surface area contributed by atoms with Crippen LogP contribution in [0.15, 0.2) is 24.0 Å². The summed E-state index contributed by atoms with van der Waals surface area (Å²) in [6, 6.07) is 0. The first-order valence-electron chi connectivity index (χ1n) is 4.32. The van der Waals surface area contributed by atoms with Crippen LogP contribution in [-0.4, -0.2) is 18.2 Å². The van der Waals surface area contributed by atoms with Gasteiger partial charge in [-0.3, -0.25) is 4.79 Å². The van der Waals surface area contributed by atoms with Crippen molar-refractivity contribution in [3.63, 3.8) is 0 Å². The Balaban J connectivity index is 3.72. The first-order chi connectivity index (χ1) is 6.20. The fourth-order valence-corrected chi connectivity index (χ4v) is 0.809. The fraction of sp³-hybridized carbons (Fsp3) is 0.500. The standard InChI is InChI=1S/C10H16O3/c1-3-9(13-2)7-5-4-6-8-10(11)12/h4-5,7H,3,6,8H2,1-2H3,(H,11,12)/b5-4-,9-7+. The number of carboxylic acid groups (broad SMARTS) is 1. The van der Waals surface area contributed by atoms with Crippen LogP contribution >= 0.6 is 0 Å². The molecule has 0 rings (SSSR count). The van der Waals surface area contributed by atoms with Gasteiger partial charge in [-0.25, -0.2) is 0 Å². The van der Waals surface area contributed by atoms with E-state index in [1.165, 1.54) is 0 Å². The average molecular weight is 184 g/mol. The molecule has 0 unspecified atom stereocenters. The van der Waals surface area contributed by atoms with Crippen molar-refractivity contribution in [1.82, 2.24) is 0 Å². The molecule has 0 bridgehead atoms. The minimum atomic E-state index is -0.768. The Bertz CT molecular complexity index is 198. The van der Waals surface area contributed by atoms with Crippen molar-refractivity contribution in [2.45, 2.75) is 26.2 Å². The van der Waals surface area contributed by atoms with Gasteiger partial charge in [0, 0.05) is 12.8 Å². The number of carboxylic acids is 1. The lowest BCUT2D eigenvalue weighted by atomic mass is 10.2. The topological polar surface area (TPSA) is 46.5 Å². The van der Waals surface area contributed by atoms with E-state index in [2.05, 4.69) is 0 Å². The highest BCUT2D eigenvalue weighted by molar-refractivity contribution is 5.66. The molecule has 0 fully saturated rings. The lowest BCUT2D eigenvalue weighted by Gasteiger charge is -1.98. The van der Waals surface area contributed by atoms with Crippen molar-refractivity contribution in [3.8, 4) is 0 Å². The van der Waals surface area contributed by atoms with Gasteiger partial charge in [0.25, 0.3) is 0 Å². The molecule has 74 valence electrons. The van der Waals surface area contributed by atoms with Crippen LogP contribution in [0.1, 0.15) is 26.2 Å². The van der Waals surface area contributed by atoms with Crippen molar-refractivity contribution in [3.05, 3.63) is 24.0 Å². The maximum Gasteiger partial charge on any atom is 0.303 e. The van der Waals surface area contributed by atoms with Crippen LogP contribution in [-0.2, 0) is 9.53 Å².